The van der Waals surface area contributed by atoms with Crippen LogP contribution in [0.5, 0.6) is 17.2 Å². The maximum atomic E-state index is 14.6. The minimum absolute atomic E-state index is 0.0593. The summed E-state index contributed by atoms with van der Waals surface area (Å²) < 4.78 is 59.5. The molecule has 5 heterocycles. The molecule has 1 saturated heterocycles. The van der Waals surface area contributed by atoms with Crippen molar-refractivity contribution in [2.75, 3.05) is 49.6 Å². The number of amides is 2. The number of hydrogen-bond acceptors (Lipinski definition) is 12. The van der Waals surface area contributed by atoms with Gasteiger partial charge in [0.1, 0.15) is 38.4 Å². The van der Waals surface area contributed by atoms with E-state index in [0.717, 1.165) is 16.1 Å². The topological polar surface area (TPSA) is 158 Å². The molecule has 1 N–H and O–H groups in total. The Morgan fingerprint density at radius 2 is 1.75 bits per heavy atom. The smallest absolute Gasteiger partial charge is 0.446 e. The lowest BCUT2D eigenvalue weighted by atomic mass is 10.1. The number of benzene rings is 3. The van der Waals surface area contributed by atoms with Gasteiger partial charge in [-0.3, -0.25) is 14.4 Å². The van der Waals surface area contributed by atoms with E-state index in [1.807, 2.05) is 42.2 Å². The molecular formula is C41H37ClF3N9O6S. The number of thioether (sulfide) groups is 1. The number of fused-ring (bicyclic) bond motifs is 2. The molecule has 15 nitrogen and oxygen atoms in total. The molecule has 0 atom stereocenters. The maximum absolute atomic E-state index is 14.6. The summed E-state index contributed by atoms with van der Waals surface area (Å²) in [6.45, 7) is 4.99. The van der Waals surface area contributed by atoms with E-state index in [1.54, 1.807) is 34.6 Å². The summed E-state index contributed by atoms with van der Waals surface area (Å²) in [5, 5.41) is 7.23. The van der Waals surface area contributed by atoms with Gasteiger partial charge >= 0.3 is 5.51 Å². The van der Waals surface area contributed by atoms with Gasteiger partial charge in [0.05, 0.1) is 27.7 Å². The number of ether oxygens (including phenoxy) is 3. The van der Waals surface area contributed by atoms with Crippen molar-refractivity contribution >= 4 is 52.3 Å². The minimum atomic E-state index is -4.52. The average Bonchev–Trinajstić information content (AvgIpc) is 3.70. The third-order valence-electron chi connectivity index (χ3n) is 10.0. The van der Waals surface area contributed by atoms with Crippen LogP contribution in [0.15, 0.2) is 82.7 Å². The van der Waals surface area contributed by atoms with Gasteiger partial charge in [-0.1, -0.05) is 54.9 Å². The van der Waals surface area contributed by atoms with Crippen molar-refractivity contribution in [3.05, 3.63) is 111 Å². The lowest BCUT2D eigenvalue weighted by Crippen LogP contribution is -2.51. The van der Waals surface area contributed by atoms with Crippen LogP contribution in [0.1, 0.15) is 34.4 Å². The van der Waals surface area contributed by atoms with Gasteiger partial charge in [-0.2, -0.15) is 22.7 Å². The van der Waals surface area contributed by atoms with Crippen molar-refractivity contribution in [3.63, 3.8) is 0 Å². The fourth-order valence-electron chi connectivity index (χ4n) is 7.22. The molecule has 3 aromatic heterocycles. The van der Waals surface area contributed by atoms with Gasteiger partial charge in [0.2, 0.25) is 11.7 Å². The van der Waals surface area contributed by atoms with Crippen LogP contribution >= 0.6 is 23.4 Å². The lowest BCUT2D eigenvalue weighted by molar-refractivity contribution is -0.116. The number of para-hydroxylation sites is 1. The number of nitrogens with one attached hydrogen (secondary N) is 1. The number of anilines is 2. The van der Waals surface area contributed by atoms with Gasteiger partial charge in [-0.25, -0.2) is 9.97 Å². The van der Waals surface area contributed by atoms with E-state index in [9.17, 15) is 27.6 Å². The number of aryl methyl sites for hydroxylation is 1. The standard InChI is InChI=1S/C41H37ClF3N9O6S/c1-3-30-34(51-14-16-52(17-15-51)38(56)33-35(24(2)46-23-47-33)60-22-25-8-5-4-6-9-25)39(57)54-40(49-37(50-54)27-10-7-11-31-36(27)59-19-18-58-31)53(30)21-32(55)48-29-13-12-26(20-28(29)42)61-41(43,44)45/h4-13,20,23H,3,14-19,21-22H2,1-2H3,(H,48,55). The highest BCUT2D eigenvalue weighted by atomic mass is 35.5. The quantitative estimate of drug-likeness (QED) is 0.142. The first-order valence-corrected chi connectivity index (χ1v) is 20.4. The Kier molecular flexibility index (Phi) is 11.8. The first-order valence-electron chi connectivity index (χ1n) is 19.2. The Balaban J connectivity index is 1.11. The van der Waals surface area contributed by atoms with E-state index >= 15 is 0 Å². The number of nitrogens with zero attached hydrogens (tertiary/aromatic N) is 8. The van der Waals surface area contributed by atoms with E-state index < -0.39 is 17.0 Å². The molecule has 1 fully saturated rings. The summed E-state index contributed by atoms with van der Waals surface area (Å²) in [6.07, 6.45) is 1.60. The molecule has 0 bridgehead atoms. The number of halogens is 4. The van der Waals surface area contributed by atoms with Crippen molar-refractivity contribution in [1.82, 2.24) is 34.0 Å². The summed E-state index contributed by atoms with van der Waals surface area (Å²) >= 11 is 6.00. The zero-order chi connectivity index (χ0) is 42.8. The average molecular weight is 876 g/mol. The van der Waals surface area contributed by atoms with Crippen LogP contribution in [0.25, 0.3) is 17.2 Å². The number of alkyl halides is 3. The third-order valence-corrected chi connectivity index (χ3v) is 11.0. The number of aromatic nitrogens is 6. The number of piperazine rings is 1. The number of carbonyl (C=O) groups is 2. The fraction of sp³-hybridized carbons (Fsp3) is 0.293. The minimum Gasteiger partial charge on any atom is -0.486 e. The molecule has 0 unspecified atom stereocenters. The Morgan fingerprint density at radius 1 is 0.984 bits per heavy atom. The molecule has 0 radical (unpaired) electrons. The normalized spacial score (nSPS) is 14.0. The highest BCUT2D eigenvalue weighted by molar-refractivity contribution is 8.00. The Hall–Kier alpha value is -6.34. The molecular weight excluding hydrogens is 839 g/mol. The number of carbonyl (C=O) groups excluding carboxylic acids is 2. The molecule has 20 heteroatoms. The molecule has 8 rings (SSSR count). The first-order chi connectivity index (χ1) is 29.4. The fourth-order valence-corrected chi connectivity index (χ4v) is 8.09. The number of rotatable bonds is 11. The second-order valence-electron chi connectivity index (χ2n) is 13.9. The zero-order valence-electron chi connectivity index (χ0n) is 32.7. The summed E-state index contributed by atoms with van der Waals surface area (Å²) in [7, 11) is 0. The van der Waals surface area contributed by atoms with E-state index in [0.29, 0.717) is 41.7 Å². The lowest BCUT2D eigenvalue weighted by Gasteiger charge is -2.36. The molecule has 0 aliphatic carbocycles. The van der Waals surface area contributed by atoms with Gasteiger partial charge in [0.15, 0.2) is 28.8 Å². The summed E-state index contributed by atoms with van der Waals surface area (Å²) in [5.41, 5.74) is -2.17. The second kappa shape index (κ2) is 17.3. The highest BCUT2D eigenvalue weighted by Crippen LogP contribution is 2.40. The van der Waals surface area contributed by atoms with Gasteiger partial charge in [-0.05, 0) is 61.0 Å². The highest BCUT2D eigenvalue weighted by Gasteiger charge is 2.32. The largest absolute Gasteiger partial charge is 0.486 e. The van der Waals surface area contributed by atoms with Crippen LogP contribution in [0.3, 0.4) is 0 Å². The summed E-state index contributed by atoms with van der Waals surface area (Å²) in [5.74, 6) is 0.447. The predicted molar refractivity (Wildman–Crippen MR) is 221 cm³/mol. The molecule has 61 heavy (non-hydrogen) atoms. The van der Waals surface area contributed by atoms with E-state index in [1.165, 1.54) is 18.5 Å². The van der Waals surface area contributed by atoms with E-state index in [2.05, 4.69) is 20.4 Å². The molecule has 0 saturated carbocycles. The third kappa shape index (κ3) is 8.79. The van der Waals surface area contributed by atoms with Gasteiger partial charge < -0.3 is 33.9 Å². The van der Waals surface area contributed by atoms with E-state index in [-0.39, 0.29) is 108 Å². The van der Waals surface area contributed by atoms with Crippen molar-refractivity contribution in [2.24, 2.45) is 0 Å². The molecule has 0 spiro atoms. The second-order valence-corrected chi connectivity index (χ2v) is 15.5. The van der Waals surface area contributed by atoms with Crippen LogP contribution in [-0.2, 0) is 24.4 Å². The van der Waals surface area contributed by atoms with Crippen LogP contribution in [0.4, 0.5) is 24.5 Å². The number of hydrogen-bond donors (Lipinski definition) is 1. The van der Waals surface area contributed by atoms with Crippen molar-refractivity contribution < 1.29 is 37.0 Å². The zero-order valence-corrected chi connectivity index (χ0v) is 34.3. The Morgan fingerprint density at radius 3 is 2.49 bits per heavy atom. The molecule has 2 aliphatic rings. The molecule has 2 aliphatic heterocycles. The first kappa shape index (κ1) is 41.4. The van der Waals surface area contributed by atoms with Crippen LogP contribution in [0.2, 0.25) is 5.02 Å². The van der Waals surface area contributed by atoms with E-state index in [4.69, 9.17) is 30.8 Å². The predicted octanol–water partition coefficient (Wildman–Crippen LogP) is 6.44. The van der Waals surface area contributed by atoms with Crippen molar-refractivity contribution in [2.45, 2.75) is 43.8 Å². The SMILES string of the molecule is CCc1c(N2CCN(C(=O)c3ncnc(C)c3OCc3ccccc3)CC2)c(=O)n2nc(-c3cccc4c3OCCO4)nc2n1CC(=O)Nc1ccc(SC(F)(F)F)cc1Cl. The summed E-state index contributed by atoms with van der Waals surface area (Å²) in [6, 6.07) is 18.4. The van der Waals surface area contributed by atoms with Crippen molar-refractivity contribution in [1.29, 1.82) is 0 Å². The van der Waals surface area contributed by atoms with Crippen LogP contribution in [0, 0.1) is 6.92 Å². The molecule has 3 aromatic carbocycles. The summed E-state index contributed by atoms with van der Waals surface area (Å²) in [4.78, 5) is 59.0. The molecule has 6 aromatic rings. The van der Waals surface area contributed by atoms with Crippen molar-refractivity contribution in [3.8, 4) is 28.6 Å². The van der Waals surface area contributed by atoms with Gasteiger partial charge in [0, 0.05) is 31.1 Å². The van der Waals surface area contributed by atoms with Gasteiger partial charge in [-0.15, -0.1) is 5.10 Å². The monoisotopic (exact) mass is 875 g/mol. The van der Waals surface area contributed by atoms with Crippen LogP contribution in [-0.4, -0.2) is 90.7 Å². The Labute approximate surface area is 355 Å². The molecule has 2 amide bonds. The van der Waals surface area contributed by atoms with Gasteiger partial charge in [0.25, 0.3) is 11.5 Å². The van der Waals surface area contributed by atoms with Crippen LogP contribution < -0.4 is 30.0 Å². The maximum Gasteiger partial charge on any atom is 0.446 e. The Bertz CT molecular complexity index is 2690. The molecule has 316 valence electrons.